The summed E-state index contributed by atoms with van der Waals surface area (Å²) in [5, 5.41) is 3.42. The Morgan fingerprint density at radius 1 is 1.46 bits per heavy atom. The molecule has 1 aromatic heterocycles. The Balaban J connectivity index is 2.04. The summed E-state index contributed by atoms with van der Waals surface area (Å²) in [6, 6.07) is 2.54. The molecule has 1 fully saturated rings. The SMILES string of the molecule is S=c1nccc(NC2CCCC2)[nH]1. The molecule has 0 bridgehead atoms. The van der Waals surface area contributed by atoms with Crippen LogP contribution in [0.1, 0.15) is 25.7 Å². The van der Waals surface area contributed by atoms with Gasteiger partial charge in [-0.15, -0.1) is 0 Å². The molecular weight excluding hydrogens is 182 g/mol. The molecule has 1 heterocycles. The molecule has 2 N–H and O–H groups in total. The van der Waals surface area contributed by atoms with E-state index in [1.54, 1.807) is 6.20 Å². The van der Waals surface area contributed by atoms with E-state index in [-0.39, 0.29) is 0 Å². The van der Waals surface area contributed by atoms with Gasteiger partial charge in [0.05, 0.1) is 0 Å². The maximum Gasteiger partial charge on any atom is 0.198 e. The van der Waals surface area contributed by atoms with Crippen LogP contribution in [0.3, 0.4) is 0 Å². The van der Waals surface area contributed by atoms with Crippen molar-refractivity contribution < 1.29 is 0 Å². The lowest BCUT2D eigenvalue weighted by Crippen LogP contribution is -2.15. The minimum Gasteiger partial charge on any atom is -0.369 e. The Morgan fingerprint density at radius 3 is 2.92 bits per heavy atom. The van der Waals surface area contributed by atoms with Gasteiger partial charge in [0, 0.05) is 12.2 Å². The lowest BCUT2D eigenvalue weighted by Gasteiger charge is -2.12. The molecule has 1 saturated carbocycles. The third-order valence-corrected chi connectivity index (χ3v) is 2.60. The molecule has 0 atom stereocenters. The van der Waals surface area contributed by atoms with E-state index in [0.717, 1.165) is 5.82 Å². The van der Waals surface area contributed by atoms with Crippen molar-refractivity contribution in [3.8, 4) is 0 Å². The van der Waals surface area contributed by atoms with Crippen molar-refractivity contribution in [2.45, 2.75) is 31.7 Å². The normalized spacial score (nSPS) is 17.5. The third kappa shape index (κ3) is 2.28. The summed E-state index contributed by atoms with van der Waals surface area (Å²) in [7, 11) is 0. The number of anilines is 1. The van der Waals surface area contributed by atoms with Crippen molar-refractivity contribution in [3.05, 3.63) is 17.0 Å². The van der Waals surface area contributed by atoms with Crippen LogP contribution in [-0.2, 0) is 0 Å². The number of H-pyrrole nitrogens is 1. The van der Waals surface area contributed by atoms with Gasteiger partial charge < -0.3 is 10.3 Å². The fraction of sp³-hybridized carbons (Fsp3) is 0.556. The van der Waals surface area contributed by atoms with Gasteiger partial charge >= 0.3 is 0 Å². The molecule has 0 spiro atoms. The second kappa shape index (κ2) is 3.87. The highest BCUT2D eigenvalue weighted by Gasteiger charge is 2.14. The summed E-state index contributed by atoms with van der Waals surface area (Å²) in [5.74, 6) is 0.993. The second-order valence-corrected chi connectivity index (χ2v) is 3.80. The van der Waals surface area contributed by atoms with Gasteiger partial charge in [-0.2, -0.15) is 0 Å². The molecular formula is C9H13N3S. The summed E-state index contributed by atoms with van der Waals surface area (Å²) in [6.45, 7) is 0. The molecule has 1 aliphatic rings. The highest BCUT2D eigenvalue weighted by atomic mass is 32.1. The van der Waals surface area contributed by atoms with Gasteiger partial charge in [0.25, 0.3) is 0 Å². The topological polar surface area (TPSA) is 40.7 Å². The molecule has 0 aliphatic heterocycles. The van der Waals surface area contributed by atoms with Crippen molar-refractivity contribution in [1.82, 2.24) is 9.97 Å². The number of rotatable bonds is 2. The number of nitrogens with zero attached hydrogens (tertiary/aromatic N) is 1. The van der Waals surface area contributed by atoms with Crippen LogP contribution in [-0.4, -0.2) is 16.0 Å². The van der Waals surface area contributed by atoms with Crippen LogP contribution in [0, 0.1) is 4.77 Å². The standard InChI is InChI=1S/C9H13N3S/c13-9-10-6-5-8(12-9)11-7-3-1-2-4-7/h5-7H,1-4H2,(H2,10,11,12,13). The molecule has 0 amide bonds. The van der Waals surface area contributed by atoms with Crippen molar-refractivity contribution in [2.75, 3.05) is 5.32 Å². The summed E-state index contributed by atoms with van der Waals surface area (Å²) in [4.78, 5) is 6.96. The average Bonchev–Trinajstić information content (AvgIpc) is 2.57. The number of aromatic amines is 1. The van der Waals surface area contributed by atoms with Gasteiger partial charge in [-0.25, -0.2) is 4.98 Å². The summed E-state index contributed by atoms with van der Waals surface area (Å²) in [5.41, 5.74) is 0. The fourth-order valence-corrected chi connectivity index (χ4v) is 1.91. The van der Waals surface area contributed by atoms with Crippen LogP contribution >= 0.6 is 12.2 Å². The molecule has 0 radical (unpaired) electrons. The van der Waals surface area contributed by atoms with Crippen LogP contribution in [0.4, 0.5) is 5.82 Å². The minimum absolute atomic E-state index is 0.544. The zero-order chi connectivity index (χ0) is 9.10. The summed E-state index contributed by atoms with van der Waals surface area (Å²) >= 11 is 4.93. The first-order valence-electron chi connectivity index (χ1n) is 4.66. The third-order valence-electron chi connectivity index (χ3n) is 2.39. The molecule has 0 saturated heterocycles. The quantitative estimate of drug-likeness (QED) is 0.712. The van der Waals surface area contributed by atoms with Crippen molar-refractivity contribution >= 4 is 18.0 Å². The van der Waals surface area contributed by atoms with E-state index >= 15 is 0 Å². The molecule has 0 aromatic carbocycles. The highest BCUT2D eigenvalue weighted by Crippen LogP contribution is 2.20. The maximum absolute atomic E-state index is 4.93. The largest absolute Gasteiger partial charge is 0.369 e. The number of nitrogens with one attached hydrogen (secondary N) is 2. The fourth-order valence-electron chi connectivity index (χ4n) is 1.74. The van der Waals surface area contributed by atoms with E-state index in [1.165, 1.54) is 25.7 Å². The smallest absolute Gasteiger partial charge is 0.198 e. The average molecular weight is 195 g/mol. The summed E-state index contributed by atoms with van der Waals surface area (Å²) in [6.07, 6.45) is 6.94. The Bertz CT molecular complexity index is 328. The Kier molecular flexibility index (Phi) is 2.59. The van der Waals surface area contributed by atoms with Gasteiger partial charge in [-0.1, -0.05) is 12.8 Å². The van der Waals surface area contributed by atoms with E-state index in [9.17, 15) is 0 Å². The first-order chi connectivity index (χ1) is 6.34. The Hall–Kier alpha value is -0.900. The van der Waals surface area contributed by atoms with Gasteiger partial charge in [-0.3, -0.25) is 0 Å². The van der Waals surface area contributed by atoms with Crippen LogP contribution in [0.5, 0.6) is 0 Å². The highest BCUT2D eigenvalue weighted by molar-refractivity contribution is 7.71. The zero-order valence-corrected chi connectivity index (χ0v) is 8.23. The first-order valence-corrected chi connectivity index (χ1v) is 5.07. The number of hydrogen-bond acceptors (Lipinski definition) is 3. The van der Waals surface area contributed by atoms with Crippen LogP contribution in [0.15, 0.2) is 12.3 Å². The zero-order valence-electron chi connectivity index (χ0n) is 7.42. The Labute approximate surface area is 82.6 Å². The van der Waals surface area contributed by atoms with Crippen molar-refractivity contribution in [2.24, 2.45) is 0 Å². The Morgan fingerprint density at radius 2 is 2.23 bits per heavy atom. The lowest BCUT2D eigenvalue weighted by molar-refractivity contribution is 0.749. The molecule has 0 unspecified atom stereocenters. The lowest BCUT2D eigenvalue weighted by atomic mass is 10.2. The van der Waals surface area contributed by atoms with E-state index in [4.69, 9.17) is 12.2 Å². The molecule has 70 valence electrons. The molecule has 1 aromatic rings. The van der Waals surface area contributed by atoms with E-state index in [1.807, 2.05) is 6.07 Å². The second-order valence-electron chi connectivity index (χ2n) is 3.41. The van der Waals surface area contributed by atoms with Crippen molar-refractivity contribution in [1.29, 1.82) is 0 Å². The molecule has 4 heteroatoms. The van der Waals surface area contributed by atoms with Crippen LogP contribution in [0.2, 0.25) is 0 Å². The molecule has 3 nitrogen and oxygen atoms in total. The van der Waals surface area contributed by atoms with Crippen LogP contribution < -0.4 is 5.32 Å². The van der Waals surface area contributed by atoms with E-state index < -0.39 is 0 Å². The van der Waals surface area contributed by atoms with Gasteiger partial charge in [-0.05, 0) is 31.1 Å². The molecule has 2 rings (SSSR count). The monoisotopic (exact) mass is 195 g/mol. The van der Waals surface area contributed by atoms with Gasteiger partial charge in [0.1, 0.15) is 5.82 Å². The number of hydrogen-bond donors (Lipinski definition) is 2. The number of aromatic nitrogens is 2. The predicted octanol–water partition coefficient (Wildman–Crippen LogP) is 2.49. The van der Waals surface area contributed by atoms with Gasteiger partial charge in [0.15, 0.2) is 4.77 Å². The molecule has 13 heavy (non-hydrogen) atoms. The van der Waals surface area contributed by atoms with E-state index in [0.29, 0.717) is 10.8 Å². The minimum atomic E-state index is 0.544. The van der Waals surface area contributed by atoms with E-state index in [2.05, 4.69) is 15.3 Å². The summed E-state index contributed by atoms with van der Waals surface area (Å²) < 4.78 is 0.544. The van der Waals surface area contributed by atoms with Crippen LogP contribution in [0.25, 0.3) is 0 Å². The predicted molar refractivity (Wildman–Crippen MR) is 55.3 cm³/mol. The molecule has 1 aliphatic carbocycles. The van der Waals surface area contributed by atoms with Gasteiger partial charge in [0.2, 0.25) is 0 Å². The first kappa shape index (κ1) is 8.69. The van der Waals surface area contributed by atoms with Crippen molar-refractivity contribution in [3.63, 3.8) is 0 Å². The maximum atomic E-state index is 4.93.